The fourth-order valence-electron chi connectivity index (χ4n) is 2.73. The Morgan fingerprint density at radius 3 is 2.48 bits per heavy atom. The second-order valence-corrected chi connectivity index (χ2v) is 5.99. The Kier molecular flexibility index (Phi) is 6.05. The van der Waals surface area contributed by atoms with E-state index < -0.39 is 0 Å². The normalized spacial score (nSPS) is 21.8. The molecule has 4 heteroatoms. The number of hydrogen-bond acceptors (Lipinski definition) is 3. The molecule has 1 aromatic carbocycles. The number of rotatable bonds is 6. The Morgan fingerprint density at radius 1 is 1.19 bits per heavy atom. The number of amides is 1. The van der Waals surface area contributed by atoms with E-state index in [1.165, 1.54) is 18.4 Å². The SMILES string of the molecule is CNCc1ccc(OCC(=O)NC2CCC(C)CC2)cc1. The van der Waals surface area contributed by atoms with Crippen LogP contribution in [0.1, 0.15) is 38.2 Å². The van der Waals surface area contributed by atoms with Gasteiger partial charge in [-0.1, -0.05) is 19.1 Å². The Balaban J connectivity index is 1.71. The summed E-state index contributed by atoms with van der Waals surface area (Å²) in [5.74, 6) is 1.52. The van der Waals surface area contributed by atoms with E-state index in [4.69, 9.17) is 4.74 Å². The topological polar surface area (TPSA) is 50.4 Å². The van der Waals surface area contributed by atoms with E-state index in [0.29, 0.717) is 6.04 Å². The van der Waals surface area contributed by atoms with Crippen molar-refractivity contribution in [2.75, 3.05) is 13.7 Å². The van der Waals surface area contributed by atoms with Gasteiger partial charge in [-0.15, -0.1) is 0 Å². The first-order valence-corrected chi connectivity index (χ1v) is 7.83. The van der Waals surface area contributed by atoms with Crippen LogP contribution in [0.2, 0.25) is 0 Å². The van der Waals surface area contributed by atoms with E-state index in [2.05, 4.69) is 17.6 Å². The van der Waals surface area contributed by atoms with Gasteiger partial charge < -0.3 is 15.4 Å². The van der Waals surface area contributed by atoms with Crippen molar-refractivity contribution in [2.45, 2.75) is 45.2 Å². The molecular weight excluding hydrogens is 264 g/mol. The molecule has 4 nitrogen and oxygen atoms in total. The van der Waals surface area contributed by atoms with E-state index in [-0.39, 0.29) is 12.5 Å². The van der Waals surface area contributed by atoms with Crippen molar-refractivity contribution >= 4 is 5.91 Å². The van der Waals surface area contributed by atoms with E-state index >= 15 is 0 Å². The van der Waals surface area contributed by atoms with Crippen LogP contribution in [0.3, 0.4) is 0 Å². The van der Waals surface area contributed by atoms with Gasteiger partial charge in [0.2, 0.25) is 0 Å². The summed E-state index contributed by atoms with van der Waals surface area (Å²) < 4.78 is 5.53. The van der Waals surface area contributed by atoms with E-state index in [9.17, 15) is 4.79 Å². The van der Waals surface area contributed by atoms with Crippen molar-refractivity contribution in [1.82, 2.24) is 10.6 Å². The standard InChI is InChI=1S/C17H26N2O2/c1-13-3-7-15(8-4-13)19-17(20)12-21-16-9-5-14(6-10-16)11-18-2/h5-6,9-10,13,15,18H,3-4,7-8,11-12H2,1-2H3,(H,19,20). The zero-order valence-electron chi connectivity index (χ0n) is 13.0. The minimum atomic E-state index is -0.0196. The molecule has 1 aliphatic rings. The fraction of sp³-hybridized carbons (Fsp3) is 0.588. The summed E-state index contributed by atoms with van der Waals surface area (Å²) in [5, 5.41) is 6.16. The van der Waals surface area contributed by atoms with Gasteiger partial charge in [0.05, 0.1) is 0 Å². The number of carbonyl (C=O) groups is 1. The number of ether oxygens (including phenoxy) is 1. The highest BCUT2D eigenvalue weighted by molar-refractivity contribution is 5.77. The molecule has 1 aromatic rings. The maximum absolute atomic E-state index is 11.9. The van der Waals surface area contributed by atoms with Gasteiger partial charge in [-0.05, 0) is 56.3 Å². The van der Waals surface area contributed by atoms with Gasteiger partial charge in [-0.25, -0.2) is 0 Å². The van der Waals surface area contributed by atoms with Gasteiger partial charge >= 0.3 is 0 Å². The van der Waals surface area contributed by atoms with Gasteiger partial charge in [0.25, 0.3) is 5.91 Å². The van der Waals surface area contributed by atoms with E-state index in [1.54, 1.807) is 0 Å². The summed E-state index contributed by atoms with van der Waals surface area (Å²) in [6.45, 7) is 3.21. The molecule has 2 rings (SSSR count). The van der Waals surface area contributed by atoms with E-state index in [1.807, 2.05) is 31.3 Å². The molecule has 2 N–H and O–H groups in total. The smallest absolute Gasteiger partial charge is 0.258 e. The van der Waals surface area contributed by atoms with Crippen molar-refractivity contribution in [3.63, 3.8) is 0 Å². The lowest BCUT2D eigenvalue weighted by molar-refractivity contribution is -0.124. The average Bonchev–Trinajstić information content (AvgIpc) is 2.49. The molecule has 0 atom stereocenters. The predicted octanol–water partition coefficient (Wildman–Crippen LogP) is 2.48. The molecule has 21 heavy (non-hydrogen) atoms. The summed E-state index contributed by atoms with van der Waals surface area (Å²) in [7, 11) is 1.92. The molecule has 0 bridgehead atoms. The van der Waals surface area contributed by atoms with Crippen LogP contribution in [0.25, 0.3) is 0 Å². The minimum absolute atomic E-state index is 0.0196. The van der Waals surface area contributed by atoms with Crippen LogP contribution in [0.5, 0.6) is 5.75 Å². The van der Waals surface area contributed by atoms with Gasteiger partial charge in [0.15, 0.2) is 6.61 Å². The molecule has 0 unspecified atom stereocenters. The zero-order valence-corrected chi connectivity index (χ0v) is 13.0. The molecule has 0 saturated heterocycles. The van der Waals surface area contributed by atoms with Gasteiger partial charge in [-0.3, -0.25) is 4.79 Å². The second-order valence-electron chi connectivity index (χ2n) is 5.99. The molecule has 1 saturated carbocycles. The Bertz CT molecular complexity index is 437. The molecule has 0 aromatic heterocycles. The van der Waals surface area contributed by atoms with Crippen LogP contribution < -0.4 is 15.4 Å². The van der Waals surface area contributed by atoms with Crippen molar-refractivity contribution in [2.24, 2.45) is 5.92 Å². The Morgan fingerprint density at radius 2 is 1.86 bits per heavy atom. The molecule has 116 valence electrons. The molecule has 0 spiro atoms. The maximum atomic E-state index is 11.9. The molecule has 0 heterocycles. The Hall–Kier alpha value is -1.55. The molecular formula is C17H26N2O2. The lowest BCUT2D eigenvalue weighted by atomic mass is 9.87. The number of carbonyl (C=O) groups excluding carboxylic acids is 1. The average molecular weight is 290 g/mol. The first-order valence-electron chi connectivity index (χ1n) is 7.83. The Labute approximate surface area is 127 Å². The van der Waals surface area contributed by atoms with Crippen LogP contribution in [0, 0.1) is 5.92 Å². The molecule has 1 fully saturated rings. The summed E-state index contributed by atoms with van der Waals surface area (Å²) in [6, 6.07) is 8.15. The highest BCUT2D eigenvalue weighted by Crippen LogP contribution is 2.23. The minimum Gasteiger partial charge on any atom is -0.484 e. The van der Waals surface area contributed by atoms with E-state index in [0.717, 1.165) is 31.1 Å². The lowest BCUT2D eigenvalue weighted by Gasteiger charge is -2.26. The highest BCUT2D eigenvalue weighted by atomic mass is 16.5. The summed E-state index contributed by atoms with van der Waals surface area (Å²) in [5.41, 5.74) is 1.20. The van der Waals surface area contributed by atoms with Crippen molar-refractivity contribution in [3.8, 4) is 5.75 Å². The quantitative estimate of drug-likeness (QED) is 0.846. The second kappa shape index (κ2) is 8.03. The van der Waals surface area contributed by atoms with Gasteiger partial charge in [0.1, 0.15) is 5.75 Å². The molecule has 1 aliphatic carbocycles. The van der Waals surface area contributed by atoms with Crippen LogP contribution in [0.15, 0.2) is 24.3 Å². The third-order valence-electron chi connectivity index (χ3n) is 4.06. The fourth-order valence-corrected chi connectivity index (χ4v) is 2.73. The third-order valence-corrected chi connectivity index (χ3v) is 4.06. The van der Waals surface area contributed by atoms with Gasteiger partial charge in [-0.2, -0.15) is 0 Å². The third kappa shape index (κ3) is 5.38. The van der Waals surface area contributed by atoms with Gasteiger partial charge in [0, 0.05) is 12.6 Å². The summed E-state index contributed by atoms with van der Waals surface area (Å²) >= 11 is 0. The number of nitrogens with one attached hydrogen (secondary N) is 2. The number of hydrogen-bond donors (Lipinski definition) is 2. The van der Waals surface area contributed by atoms with Crippen LogP contribution >= 0.6 is 0 Å². The molecule has 0 radical (unpaired) electrons. The van der Waals surface area contributed by atoms with Crippen molar-refractivity contribution in [3.05, 3.63) is 29.8 Å². The first kappa shape index (κ1) is 15.8. The van der Waals surface area contributed by atoms with Crippen molar-refractivity contribution < 1.29 is 9.53 Å². The first-order chi connectivity index (χ1) is 10.2. The summed E-state index contributed by atoms with van der Waals surface area (Å²) in [6.07, 6.45) is 4.59. The largest absolute Gasteiger partial charge is 0.484 e. The maximum Gasteiger partial charge on any atom is 0.258 e. The predicted molar refractivity (Wildman–Crippen MR) is 84.3 cm³/mol. The van der Waals surface area contributed by atoms with Crippen LogP contribution in [0.4, 0.5) is 0 Å². The number of benzene rings is 1. The lowest BCUT2D eigenvalue weighted by Crippen LogP contribution is -2.39. The van der Waals surface area contributed by atoms with Crippen molar-refractivity contribution in [1.29, 1.82) is 0 Å². The molecule has 0 aliphatic heterocycles. The highest BCUT2D eigenvalue weighted by Gasteiger charge is 2.19. The monoisotopic (exact) mass is 290 g/mol. The van der Waals surface area contributed by atoms with Crippen LogP contribution in [-0.4, -0.2) is 25.6 Å². The molecule has 1 amide bonds. The van der Waals surface area contributed by atoms with Crippen LogP contribution in [-0.2, 0) is 11.3 Å². The zero-order chi connectivity index (χ0) is 15.1. The summed E-state index contributed by atoms with van der Waals surface area (Å²) in [4.78, 5) is 11.9.